The Morgan fingerprint density at radius 1 is 1.44 bits per heavy atom. The van der Waals surface area contributed by atoms with Gasteiger partial charge in [-0.1, -0.05) is 0 Å². The van der Waals surface area contributed by atoms with Gasteiger partial charge in [0.05, 0.1) is 5.54 Å². The number of hydrogen-bond donors (Lipinski definition) is 2. The lowest BCUT2D eigenvalue weighted by atomic mass is 10.0. The van der Waals surface area contributed by atoms with E-state index in [4.69, 9.17) is 4.74 Å². The first-order chi connectivity index (χ1) is 7.46. The van der Waals surface area contributed by atoms with Crippen LogP contribution in [-0.2, 0) is 9.53 Å². The van der Waals surface area contributed by atoms with Gasteiger partial charge in [-0.05, 0) is 45.6 Å². The van der Waals surface area contributed by atoms with Crippen molar-refractivity contribution in [2.24, 2.45) is 5.41 Å². The van der Waals surface area contributed by atoms with E-state index in [1.165, 1.54) is 12.8 Å². The van der Waals surface area contributed by atoms with E-state index >= 15 is 0 Å². The normalized spacial score (nSPS) is 18.2. The molecule has 0 aromatic carbocycles. The monoisotopic (exact) mass is 228 g/mol. The van der Waals surface area contributed by atoms with Crippen LogP contribution < -0.4 is 10.6 Å². The van der Waals surface area contributed by atoms with E-state index < -0.39 is 5.54 Å². The van der Waals surface area contributed by atoms with Crippen LogP contribution in [0.1, 0.15) is 33.1 Å². The molecule has 1 amide bonds. The molecule has 0 bridgehead atoms. The summed E-state index contributed by atoms with van der Waals surface area (Å²) in [5.74, 6) is 0.0682. The van der Waals surface area contributed by atoms with E-state index in [-0.39, 0.29) is 5.91 Å². The van der Waals surface area contributed by atoms with Crippen LogP contribution in [0, 0.1) is 5.41 Å². The van der Waals surface area contributed by atoms with Gasteiger partial charge in [-0.25, -0.2) is 0 Å². The number of rotatable bonds is 7. The molecule has 0 heterocycles. The first kappa shape index (κ1) is 13.5. The van der Waals surface area contributed by atoms with E-state index in [1.807, 2.05) is 13.8 Å². The van der Waals surface area contributed by atoms with Crippen LogP contribution in [-0.4, -0.2) is 38.8 Å². The number of ether oxygens (including phenoxy) is 1. The lowest BCUT2D eigenvalue weighted by molar-refractivity contribution is -0.126. The van der Waals surface area contributed by atoms with Crippen molar-refractivity contribution >= 4 is 5.91 Å². The second kappa shape index (κ2) is 5.15. The number of hydrogen-bond acceptors (Lipinski definition) is 3. The van der Waals surface area contributed by atoms with Gasteiger partial charge in [0.25, 0.3) is 0 Å². The summed E-state index contributed by atoms with van der Waals surface area (Å²) in [6, 6.07) is 0. The van der Waals surface area contributed by atoms with Crippen LogP contribution in [0.25, 0.3) is 0 Å². The minimum absolute atomic E-state index is 0.0682. The quantitative estimate of drug-likeness (QED) is 0.681. The average Bonchev–Trinajstić information content (AvgIpc) is 3.04. The number of carbonyl (C=O) groups is 1. The number of carbonyl (C=O) groups excluding carboxylic acids is 1. The van der Waals surface area contributed by atoms with Gasteiger partial charge in [0, 0.05) is 20.3 Å². The maximum Gasteiger partial charge on any atom is 0.239 e. The van der Waals surface area contributed by atoms with Gasteiger partial charge in [-0.3, -0.25) is 4.79 Å². The third-order valence-corrected chi connectivity index (χ3v) is 3.61. The van der Waals surface area contributed by atoms with Crippen LogP contribution in [0.3, 0.4) is 0 Å². The van der Waals surface area contributed by atoms with Crippen molar-refractivity contribution in [2.75, 3.05) is 27.3 Å². The van der Waals surface area contributed by atoms with Gasteiger partial charge in [-0.15, -0.1) is 0 Å². The third-order valence-electron chi connectivity index (χ3n) is 3.61. The molecule has 2 N–H and O–H groups in total. The number of likely N-dealkylation sites (N-methyl/N-ethyl adjacent to an activating group) is 1. The lowest BCUT2D eigenvalue weighted by Gasteiger charge is -2.24. The van der Waals surface area contributed by atoms with Crippen LogP contribution in [0.5, 0.6) is 0 Å². The summed E-state index contributed by atoms with van der Waals surface area (Å²) in [7, 11) is 3.52. The van der Waals surface area contributed by atoms with Crippen molar-refractivity contribution in [1.29, 1.82) is 0 Å². The Bertz CT molecular complexity index is 247. The molecular formula is C12H24N2O2. The molecule has 0 radical (unpaired) electrons. The van der Waals surface area contributed by atoms with Crippen molar-refractivity contribution in [3.05, 3.63) is 0 Å². The Balaban J connectivity index is 2.32. The highest BCUT2D eigenvalue weighted by Crippen LogP contribution is 2.48. The van der Waals surface area contributed by atoms with E-state index in [0.717, 1.165) is 19.6 Å². The van der Waals surface area contributed by atoms with E-state index in [1.54, 1.807) is 14.2 Å². The van der Waals surface area contributed by atoms with E-state index in [2.05, 4.69) is 10.6 Å². The summed E-state index contributed by atoms with van der Waals surface area (Å²) < 4.78 is 5.09. The Kier molecular flexibility index (Phi) is 4.33. The molecule has 0 spiro atoms. The van der Waals surface area contributed by atoms with Crippen molar-refractivity contribution < 1.29 is 9.53 Å². The molecule has 94 valence electrons. The van der Waals surface area contributed by atoms with Gasteiger partial charge in [-0.2, -0.15) is 0 Å². The fourth-order valence-electron chi connectivity index (χ4n) is 1.61. The molecule has 16 heavy (non-hydrogen) atoms. The van der Waals surface area contributed by atoms with Gasteiger partial charge in [0.1, 0.15) is 0 Å². The Labute approximate surface area is 98.1 Å². The molecular weight excluding hydrogens is 204 g/mol. The minimum atomic E-state index is -0.489. The first-order valence-electron chi connectivity index (χ1n) is 5.92. The summed E-state index contributed by atoms with van der Waals surface area (Å²) in [4.78, 5) is 11.8. The van der Waals surface area contributed by atoms with Crippen molar-refractivity contribution in [3.8, 4) is 0 Å². The summed E-state index contributed by atoms with van der Waals surface area (Å²) in [5, 5.41) is 6.03. The third kappa shape index (κ3) is 3.46. The maximum atomic E-state index is 11.8. The summed E-state index contributed by atoms with van der Waals surface area (Å²) >= 11 is 0. The Morgan fingerprint density at radius 3 is 2.50 bits per heavy atom. The van der Waals surface area contributed by atoms with Gasteiger partial charge in [0.15, 0.2) is 0 Å². The van der Waals surface area contributed by atoms with Crippen LogP contribution in [0.15, 0.2) is 0 Å². The molecule has 1 aliphatic rings. The lowest BCUT2D eigenvalue weighted by Crippen LogP contribution is -2.52. The second-order valence-corrected chi connectivity index (χ2v) is 5.30. The highest BCUT2D eigenvalue weighted by atomic mass is 16.5. The maximum absolute atomic E-state index is 11.8. The number of nitrogens with one attached hydrogen (secondary N) is 2. The number of amides is 1. The van der Waals surface area contributed by atoms with Crippen molar-refractivity contribution in [1.82, 2.24) is 10.6 Å². The minimum Gasteiger partial charge on any atom is -0.385 e. The van der Waals surface area contributed by atoms with Crippen LogP contribution >= 0.6 is 0 Å². The zero-order valence-corrected chi connectivity index (χ0v) is 10.9. The molecule has 0 aromatic rings. The van der Waals surface area contributed by atoms with Gasteiger partial charge in [0.2, 0.25) is 5.91 Å². The summed E-state index contributed by atoms with van der Waals surface area (Å²) in [5.41, 5.74) is -0.174. The highest BCUT2D eigenvalue weighted by Gasteiger charge is 2.42. The first-order valence-corrected chi connectivity index (χ1v) is 5.92. The van der Waals surface area contributed by atoms with Crippen molar-refractivity contribution in [3.63, 3.8) is 0 Å². The molecule has 1 saturated carbocycles. The summed E-state index contributed by atoms with van der Waals surface area (Å²) in [6.45, 7) is 5.33. The molecule has 1 fully saturated rings. The zero-order valence-electron chi connectivity index (χ0n) is 10.9. The zero-order chi connectivity index (χ0) is 12.2. The molecule has 0 unspecified atom stereocenters. The van der Waals surface area contributed by atoms with Crippen LogP contribution in [0.2, 0.25) is 0 Å². The SMILES string of the molecule is CNC(C)(C)C(=O)NCC1(CCOC)CC1. The van der Waals surface area contributed by atoms with E-state index in [0.29, 0.717) is 5.41 Å². The van der Waals surface area contributed by atoms with Crippen LogP contribution in [0.4, 0.5) is 0 Å². The second-order valence-electron chi connectivity index (χ2n) is 5.30. The molecule has 1 aliphatic carbocycles. The molecule has 0 atom stereocenters. The Hall–Kier alpha value is -0.610. The van der Waals surface area contributed by atoms with Crippen molar-refractivity contribution in [2.45, 2.75) is 38.6 Å². The molecule has 4 heteroatoms. The number of methoxy groups -OCH3 is 1. The predicted molar refractivity (Wildman–Crippen MR) is 64.3 cm³/mol. The average molecular weight is 228 g/mol. The summed E-state index contributed by atoms with van der Waals surface area (Å²) in [6.07, 6.45) is 3.46. The highest BCUT2D eigenvalue weighted by molar-refractivity contribution is 5.85. The van der Waals surface area contributed by atoms with Gasteiger partial charge >= 0.3 is 0 Å². The largest absolute Gasteiger partial charge is 0.385 e. The fraction of sp³-hybridized carbons (Fsp3) is 0.917. The smallest absolute Gasteiger partial charge is 0.239 e. The topological polar surface area (TPSA) is 50.4 Å². The predicted octanol–water partition coefficient (Wildman–Crippen LogP) is 0.917. The molecule has 0 aliphatic heterocycles. The Morgan fingerprint density at radius 2 is 2.06 bits per heavy atom. The van der Waals surface area contributed by atoms with Gasteiger partial charge < -0.3 is 15.4 Å². The fourth-order valence-corrected chi connectivity index (χ4v) is 1.61. The molecule has 0 saturated heterocycles. The molecule has 4 nitrogen and oxygen atoms in total. The standard InChI is InChI=1S/C12H24N2O2/c1-11(2,13-3)10(15)14-9-12(5-6-12)7-8-16-4/h13H,5-9H2,1-4H3,(H,14,15). The van der Waals surface area contributed by atoms with E-state index in [9.17, 15) is 4.79 Å². The molecule has 1 rings (SSSR count). The molecule has 0 aromatic heterocycles.